The summed E-state index contributed by atoms with van der Waals surface area (Å²) in [6, 6.07) is 5.43. The number of aryl methyl sites for hydroxylation is 1. The van der Waals surface area contributed by atoms with Gasteiger partial charge in [0.2, 0.25) is 0 Å². The van der Waals surface area contributed by atoms with Gasteiger partial charge in [0.25, 0.3) is 5.56 Å². The summed E-state index contributed by atoms with van der Waals surface area (Å²) >= 11 is 0. The second-order valence-corrected chi connectivity index (χ2v) is 5.01. The Morgan fingerprint density at radius 2 is 2.12 bits per heavy atom. The van der Waals surface area contributed by atoms with E-state index in [1.54, 1.807) is 6.07 Å². The molecule has 0 aliphatic heterocycles. The number of hydrogen-bond donors (Lipinski definition) is 1. The van der Waals surface area contributed by atoms with E-state index in [0.717, 1.165) is 31.2 Å². The van der Waals surface area contributed by atoms with Crippen LogP contribution in [0.25, 0.3) is 0 Å². The number of nitrogens with one attached hydrogen (secondary N) is 1. The molecule has 3 nitrogen and oxygen atoms in total. The fourth-order valence-electron chi connectivity index (χ4n) is 2.62. The van der Waals surface area contributed by atoms with Crippen molar-refractivity contribution in [1.82, 2.24) is 9.88 Å². The van der Waals surface area contributed by atoms with Gasteiger partial charge in [-0.2, -0.15) is 0 Å². The Kier molecular flexibility index (Phi) is 4.37. The first-order valence-electron chi connectivity index (χ1n) is 6.64. The van der Waals surface area contributed by atoms with E-state index in [9.17, 15) is 4.79 Å². The van der Waals surface area contributed by atoms with E-state index in [1.807, 2.05) is 23.6 Å². The summed E-state index contributed by atoms with van der Waals surface area (Å²) < 4.78 is 1.83. The summed E-state index contributed by atoms with van der Waals surface area (Å²) in [5.74, 6) is 0.864. The van der Waals surface area contributed by atoms with Crippen LogP contribution in [0.4, 0.5) is 0 Å². The highest BCUT2D eigenvalue weighted by Gasteiger charge is 2.13. The van der Waals surface area contributed by atoms with Gasteiger partial charge in [0.1, 0.15) is 0 Å². The largest absolute Gasteiger partial charge is 0.315 e. The van der Waals surface area contributed by atoms with E-state index in [2.05, 4.69) is 5.32 Å². The predicted octanol–water partition coefficient (Wildman–Crippen LogP) is 1.94. The molecule has 1 aromatic rings. The van der Waals surface area contributed by atoms with Crippen LogP contribution in [0.1, 0.15) is 31.4 Å². The Hall–Kier alpha value is -1.09. The molecule has 0 bridgehead atoms. The molecule has 1 aromatic heterocycles. The molecular weight excluding hydrogens is 212 g/mol. The van der Waals surface area contributed by atoms with Gasteiger partial charge < -0.3 is 9.88 Å². The van der Waals surface area contributed by atoms with Crippen LogP contribution >= 0.6 is 0 Å². The van der Waals surface area contributed by atoms with Crippen molar-refractivity contribution in [3.8, 4) is 0 Å². The van der Waals surface area contributed by atoms with Gasteiger partial charge in [-0.3, -0.25) is 4.79 Å². The van der Waals surface area contributed by atoms with Crippen LogP contribution in [0.3, 0.4) is 0 Å². The first kappa shape index (κ1) is 12.4. The fraction of sp³-hybridized carbons (Fsp3) is 0.643. The predicted molar refractivity (Wildman–Crippen MR) is 70.3 cm³/mol. The summed E-state index contributed by atoms with van der Waals surface area (Å²) in [6.45, 7) is 4.76. The molecule has 94 valence electrons. The highest BCUT2D eigenvalue weighted by molar-refractivity contribution is 5.04. The zero-order valence-corrected chi connectivity index (χ0v) is 10.6. The van der Waals surface area contributed by atoms with Crippen LogP contribution in [0.2, 0.25) is 0 Å². The molecular formula is C14H22N2O. The second-order valence-electron chi connectivity index (χ2n) is 5.01. The van der Waals surface area contributed by atoms with Crippen LogP contribution in [0.15, 0.2) is 23.0 Å². The molecule has 3 heteroatoms. The van der Waals surface area contributed by atoms with Crippen molar-refractivity contribution in [2.24, 2.45) is 5.92 Å². The van der Waals surface area contributed by atoms with Crippen LogP contribution in [0, 0.1) is 12.8 Å². The number of pyridine rings is 1. The summed E-state index contributed by atoms with van der Waals surface area (Å²) in [5, 5.41) is 3.47. The van der Waals surface area contributed by atoms with E-state index in [1.165, 1.54) is 25.7 Å². The lowest BCUT2D eigenvalue weighted by Gasteiger charge is -2.12. The van der Waals surface area contributed by atoms with Gasteiger partial charge in [0.05, 0.1) is 0 Å². The first-order chi connectivity index (χ1) is 8.27. The zero-order chi connectivity index (χ0) is 12.1. The van der Waals surface area contributed by atoms with Crippen molar-refractivity contribution in [2.75, 3.05) is 13.1 Å². The smallest absolute Gasteiger partial charge is 0.250 e. The average Bonchev–Trinajstić information content (AvgIpc) is 2.80. The summed E-state index contributed by atoms with van der Waals surface area (Å²) in [6.07, 6.45) is 5.53. The number of rotatable bonds is 5. The SMILES string of the molecule is Cc1cccc(=O)n1CCNCC1CCCC1. The molecule has 1 aliphatic carbocycles. The van der Waals surface area contributed by atoms with Crippen LogP contribution in [-0.4, -0.2) is 17.7 Å². The Morgan fingerprint density at radius 1 is 1.35 bits per heavy atom. The molecule has 1 aliphatic rings. The third-order valence-corrected chi connectivity index (χ3v) is 3.69. The molecule has 1 fully saturated rings. The quantitative estimate of drug-likeness (QED) is 0.790. The lowest BCUT2D eigenvalue weighted by atomic mass is 10.1. The van der Waals surface area contributed by atoms with Crippen LogP contribution in [0.5, 0.6) is 0 Å². The van der Waals surface area contributed by atoms with E-state index in [4.69, 9.17) is 0 Å². The van der Waals surface area contributed by atoms with E-state index in [0.29, 0.717) is 0 Å². The van der Waals surface area contributed by atoms with Gasteiger partial charge >= 0.3 is 0 Å². The molecule has 0 saturated heterocycles. The molecule has 0 aromatic carbocycles. The molecule has 2 rings (SSSR count). The van der Waals surface area contributed by atoms with Crippen molar-refractivity contribution >= 4 is 0 Å². The number of nitrogens with zero attached hydrogens (tertiary/aromatic N) is 1. The minimum absolute atomic E-state index is 0.104. The van der Waals surface area contributed by atoms with Crippen molar-refractivity contribution in [1.29, 1.82) is 0 Å². The van der Waals surface area contributed by atoms with Gasteiger partial charge in [0, 0.05) is 24.8 Å². The highest BCUT2D eigenvalue weighted by atomic mass is 16.1. The zero-order valence-electron chi connectivity index (χ0n) is 10.6. The van der Waals surface area contributed by atoms with Crippen molar-refractivity contribution in [2.45, 2.75) is 39.2 Å². The summed E-state index contributed by atoms with van der Waals surface area (Å²) in [7, 11) is 0. The Balaban J connectivity index is 1.76. The minimum Gasteiger partial charge on any atom is -0.315 e. The third kappa shape index (κ3) is 3.43. The molecule has 0 unspecified atom stereocenters. The minimum atomic E-state index is 0.104. The van der Waals surface area contributed by atoms with Gasteiger partial charge in [-0.25, -0.2) is 0 Å². The van der Waals surface area contributed by atoms with Gasteiger partial charge in [0.15, 0.2) is 0 Å². The van der Waals surface area contributed by atoms with Gasteiger partial charge in [-0.15, -0.1) is 0 Å². The van der Waals surface area contributed by atoms with E-state index in [-0.39, 0.29) is 5.56 Å². The number of hydrogen-bond acceptors (Lipinski definition) is 2. The molecule has 0 radical (unpaired) electrons. The Labute approximate surface area is 103 Å². The maximum Gasteiger partial charge on any atom is 0.250 e. The van der Waals surface area contributed by atoms with Crippen molar-refractivity contribution < 1.29 is 0 Å². The van der Waals surface area contributed by atoms with E-state index >= 15 is 0 Å². The third-order valence-electron chi connectivity index (χ3n) is 3.69. The topological polar surface area (TPSA) is 34.0 Å². The molecule has 0 atom stereocenters. The van der Waals surface area contributed by atoms with Gasteiger partial charge in [-0.05, 0) is 38.3 Å². The molecule has 1 saturated carbocycles. The average molecular weight is 234 g/mol. The van der Waals surface area contributed by atoms with E-state index < -0.39 is 0 Å². The molecule has 17 heavy (non-hydrogen) atoms. The fourth-order valence-corrected chi connectivity index (χ4v) is 2.62. The Bertz CT molecular complexity index is 405. The first-order valence-corrected chi connectivity index (χ1v) is 6.64. The second kappa shape index (κ2) is 6.01. The highest BCUT2D eigenvalue weighted by Crippen LogP contribution is 2.23. The Morgan fingerprint density at radius 3 is 2.82 bits per heavy atom. The van der Waals surface area contributed by atoms with Crippen LogP contribution < -0.4 is 10.9 Å². The number of aromatic nitrogens is 1. The maximum absolute atomic E-state index is 11.6. The maximum atomic E-state index is 11.6. The molecule has 1 N–H and O–H groups in total. The lowest BCUT2D eigenvalue weighted by Crippen LogP contribution is -2.30. The normalized spacial score (nSPS) is 16.5. The molecule has 0 amide bonds. The summed E-state index contributed by atoms with van der Waals surface area (Å²) in [4.78, 5) is 11.6. The van der Waals surface area contributed by atoms with Crippen molar-refractivity contribution in [3.05, 3.63) is 34.2 Å². The van der Waals surface area contributed by atoms with Gasteiger partial charge in [-0.1, -0.05) is 18.9 Å². The van der Waals surface area contributed by atoms with Crippen LogP contribution in [-0.2, 0) is 6.54 Å². The standard InChI is InChI=1S/C14H22N2O/c1-12-5-4-8-14(17)16(12)10-9-15-11-13-6-2-3-7-13/h4-5,8,13,15H,2-3,6-7,9-11H2,1H3. The lowest BCUT2D eigenvalue weighted by molar-refractivity contribution is 0.472. The van der Waals surface area contributed by atoms with Crippen molar-refractivity contribution in [3.63, 3.8) is 0 Å². The molecule has 1 heterocycles. The molecule has 0 spiro atoms. The monoisotopic (exact) mass is 234 g/mol. The summed E-state index contributed by atoms with van der Waals surface area (Å²) in [5.41, 5.74) is 1.15.